The molecular weight excluding hydrogens is 1130 g/mol. The second-order valence-electron chi connectivity index (χ2n) is 18.3. The van der Waals surface area contributed by atoms with Crippen molar-refractivity contribution in [1.82, 2.24) is 19.9 Å². The van der Waals surface area contributed by atoms with Gasteiger partial charge in [-0.1, -0.05) is 78.0 Å². The fraction of sp³-hybridized carbons (Fsp3) is 0.155. The number of alkyl halides is 3. The monoisotopic (exact) mass is 1180 g/mol. The zero-order valence-electron chi connectivity index (χ0n) is 42.8. The minimum Gasteiger partial charge on any atom is -0.753 e. The number of thiocarbonyl (C=S) groups is 1. The van der Waals surface area contributed by atoms with Crippen LogP contribution in [0.3, 0.4) is 0 Å². The Labute approximate surface area is 472 Å². The van der Waals surface area contributed by atoms with E-state index in [1.807, 2.05) is 12.1 Å². The maximum absolute atomic E-state index is 12.8. The second kappa shape index (κ2) is 29.2. The first-order valence-electron chi connectivity index (χ1n) is 23.1. The van der Waals surface area contributed by atoms with Gasteiger partial charge in [-0.2, -0.15) is 18.3 Å². The summed E-state index contributed by atoms with van der Waals surface area (Å²) in [5, 5.41) is 16.6. The number of benzene rings is 2. The number of anilines is 3. The first kappa shape index (κ1) is 62.1. The Morgan fingerprint density at radius 3 is 1.49 bits per heavy atom. The number of allylic oxidation sites excluding steroid dienone is 1. The summed E-state index contributed by atoms with van der Waals surface area (Å²) in [5.74, 6) is 0. The average Bonchev–Trinajstić information content (AvgIpc) is 3.90. The van der Waals surface area contributed by atoms with Crippen LogP contribution in [0.1, 0.15) is 75.1 Å². The average molecular weight is 1180 g/mol. The summed E-state index contributed by atoms with van der Waals surface area (Å²) in [5.41, 5.74) is 15.7. The molecule has 0 amide bonds. The van der Waals surface area contributed by atoms with E-state index in [0.717, 1.165) is 37.9 Å². The molecule has 0 aliphatic rings. The van der Waals surface area contributed by atoms with E-state index in [2.05, 4.69) is 141 Å². The van der Waals surface area contributed by atoms with E-state index in [1.165, 1.54) is 52.6 Å². The normalized spacial score (nSPS) is 11.5. The Bertz CT molecular complexity index is 3190. The quantitative estimate of drug-likeness (QED) is 0.0226. The number of hydrogen-bond acceptors (Lipinski definition) is 14. The SMILES string of the molecule is CC(C)(C)c1ccc(N(c2ccc(C(C)(C)C)cc2)c2ccc(-c3ccnc(/C([NH-])=C/C(=N)C(F)(F)F)c3)s2)cc1.O=CO/C=C/c1ccnc(-c2cc(/C=C/OC=O)cc(-c3cc(/C=C/OC=O)ccn3)n2)c1.[N-]=C=S.[Ru+2]. The molecule has 7 aromatic rings. The number of carbonyl (C=O) groups excluding carboxylic acids is 3. The first-order chi connectivity index (χ1) is 36.7. The van der Waals surface area contributed by atoms with Gasteiger partial charge < -0.3 is 30.3 Å². The van der Waals surface area contributed by atoms with Crippen molar-refractivity contribution in [3.63, 3.8) is 0 Å². The van der Waals surface area contributed by atoms with Crippen LogP contribution in [0.2, 0.25) is 0 Å². The van der Waals surface area contributed by atoms with Crippen molar-refractivity contribution in [2.45, 2.75) is 58.5 Å². The number of ether oxygens (including phenoxy) is 3. The van der Waals surface area contributed by atoms with E-state index in [4.69, 9.17) is 16.6 Å². The van der Waals surface area contributed by atoms with Gasteiger partial charge in [0, 0.05) is 40.5 Å². The third-order valence-electron chi connectivity index (χ3n) is 10.8. The fourth-order valence-corrected chi connectivity index (χ4v) is 8.04. The molecule has 2 N–H and O–H groups in total. The van der Waals surface area contributed by atoms with E-state index in [1.54, 1.807) is 79.2 Å². The topological polar surface area (TPSA) is 204 Å². The van der Waals surface area contributed by atoms with Gasteiger partial charge in [-0.3, -0.25) is 34.7 Å². The first-order valence-corrected chi connectivity index (χ1v) is 24.3. The summed E-state index contributed by atoms with van der Waals surface area (Å²) in [6, 6.07) is 35.0. The van der Waals surface area contributed by atoms with E-state index in [0.29, 0.717) is 53.8 Å². The zero-order valence-corrected chi connectivity index (χ0v) is 46.2. The van der Waals surface area contributed by atoms with Crippen molar-refractivity contribution in [3.05, 3.63) is 197 Å². The molecule has 0 saturated heterocycles. The van der Waals surface area contributed by atoms with Crippen LogP contribution in [0.15, 0.2) is 153 Å². The Kier molecular flexibility index (Phi) is 23.3. The van der Waals surface area contributed by atoms with Crippen molar-refractivity contribution in [1.29, 1.82) is 5.41 Å². The maximum Gasteiger partial charge on any atom is 2.00 e. The summed E-state index contributed by atoms with van der Waals surface area (Å²) in [7, 11) is 0. The minimum absolute atomic E-state index is 0. The van der Waals surface area contributed by atoms with Gasteiger partial charge in [0.25, 0.3) is 19.4 Å². The van der Waals surface area contributed by atoms with Gasteiger partial charge in [-0.05, 0) is 153 Å². The van der Waals surface area contributed by atoms with Crippen LogP contribution in [-0.2, 0) is 58.9 Å². The number of hydrogen-bond donors (Lipinski definition) is 1. The predicted molar refractivity (Wildman–Crippen MR) is 301 cm³/mol. The van der Waals surface area contributed by atoms with E-state index < -0.39 is 17.6 Å². The molecule has 14 nitrogen and oxygen atoms in total. The van der Waals surface area contributed by atoms with Crippen LogP contribution < -0.4 is 4.90 Å². The van der Waals surface area contributed by atoms with E-state index in [9.17, 15) is 27.6 Å². The summed E-state index contributed by atoms with van der Waals surface area (Å²) in [6.45, 7) is 14.1. The van der Waals surface area contributed by atoms with Crippen LogP contribution in [0.4, 0.5) is 29.5 Å². The fourth-order valence-electron chi connectivity index (χ4n) is 7.00. The van der Waals surface area contributed by atoms with Gasteiger partial charge in [0.15, 0.2) is 0 Å². The summed E-state index contributed by atoms with van der Waals surface area (Å²) >= 11 is 5.24. The number of isothiocyanates is 1. The Morgan fingerprint density at radius 2 is 1.06 bits per heavy atom. The number of nitrogens with one attached hydrogen (secondary N) is 2. The molecule has 0 spiro atoms. The summed E-state index contributed by atoms with van der Waals surface area (Å²) < 4.78 is 52.3. The maximum atomic E-state index is 12.8. The molecule has 5 aromatic heterocycles. The summed E-state index contributed by atoms with van der Waals surface area (Å²) in [4.78, 5) is 51.7. The molecule has 78 heavy (non-hydrogen) atoms. The van der Waals surface area contributed by atoms with Gasteiger partial charge in [-0.15, -0.1) is 17.0 Å². The zero-order chi connectivity index (χ0) is 56.2. The van der Waals surface area contributed by atoms with Crippen LogP contribution in [-0.4, -0.2) is 56.4 Å². The Balaban J connectivity index is 0.000000323. The van der Waals surface area contributed by atoms with Gasteiger partial charge >= 0.3 is 25.7 Å². The van der Waals surface area contributed by atoms with Gasteiger partial charge in [0.05, 0.1) is 41.6 Å². The molecule has 20 heteroatoms. The number of carbonyl (C=O) groups is 3. The smallest absolute Gasteiger partial charge is 0.753 e. The number of halogens is 3. The molecule has 400 valence electrons. The van der Waals surface area contributed by atoms with E-state index in [-0.39, 0.29) is 36.0 Å². The van der Waals surface area contributed by atoms with Gasteiger partial charge in [0.1, 0.15) is 10.7 Å². The minimum atomic E-state index is -4.81. The third kappa shape index (κ3) is 18.4. The molecule has 0 bridgehead atoms. The van der Waals surface area contributed by atoms with Crippen LogP contribution in [0, 0.1) is 5.41 Å². The molecule has 0 fully saturated rings. The number of pyridine rings is 4. The van der Waals surface area contributed by atoms with Crippen molar-refractivity contribution < 1.29 is 61.2 Å². The number of thiophene rings is 1. The standard InChI is InChI=1S/C33H34F3N4S.C24H17N3O6.CNS.Ru/c1-31(2,3)22-7-11-24(12-8-22)40(25-13-9-23(10-14-25)32(4,5)6)30-16-15-28(41-30)21-17-18-39-27(19-21)26(37)20-29(38)33(34,35)36;28-15-31-8-3-18-1-6-25-21(11-18)23-13-20(5-10-33-17-30)14-24(27-23)22-12-19(2-7-26-22)4-9-32-16-29;2-1-3;/h7-20,37-38H,1-6H3;1-17H;;/q-1;;-1;+2/b26-20-,38-29?;8-3+,9-4+,10-5+;;. The Hall–Kier alpha value is -8.41. The molecule has 5 heterocycles. The molecule has 0 radical (unpaired) electrons. The molecule has 7 rings (SSSR count). The predicted octanol–water partition coefficient (Wildman–Crippen LogP) is 15.1. The number of aromatic nitrogens is 4. The molecular formula is C58H51F3N8O6RuS2. The third-order valence-corrected chi connectivity index (χ3v) is 12.0. The molecule has 0 atom stereocenters. The van der Waals surface area contributed by atoms with Crippen molar-refractivity contribution in [2.24, 2.45) is 0 Å². The molecule has 0 aliphatic heterocycles. The molecule has 0 aliphatic carbocycles. The van der Waals surface area contributed by atoms with E-state index >= 15 is 0 Å². The van der Waals surface area contributed by atoms with Crippen molar-refractivity contribution >= 4 is 94.1 Å². The largest absolute Gasteiger partial charge is 2.00 e. The second-order valence-corrected chi connectivity index (χ2v) is 19.5. The van der Waals surface area contributed by atoms with Gasteiger partial charge in [0.2, 0.25) is 0 Å². The molecule has 2 aromatic carbocycles. The van der Waals surface area contributed by atoms with Gasteiger partial charge in [-0.25, -0.2) is 4.98 Å². The molecule has 0 saturated carbocycles. The summed E-state index contributed by atoms with van der Waals surface area (Å²) in [6.07, 6.45) is 8.95. The van der Waals surface area contributed by atoms with Crippen molar-refractivity contribution in [3.8, 4) is 33.2 Å². The number of rotatable bonds is 17. The molecule has 0 unspecified atom stereocenters. The van der Waals surface area contributed by atoms with Crippen molar-refractivity contribution in [2.75, 3.05) is 4.90 Å². The Morgan fingerprint density at radius 1 is 0.641 bits per heavy atom. The van der Waals surface area contributed by atoms with Crippen LogP contribution in [0.25, 0.3) is 68.3 Å². The van der Waals surface area contributed by atoms with Crippen LogP contribution >= 0.6 is 23.6 Å². The van der Waals surface area contributed by atoms with Crippen LogP contribution in [0.5, 0.6) is 0 Å². The number of nitrogens with zero attached hydrogens (tertiary/aromatic N) is 6.